The first-order valence-electron chi connectivity index (χ1n) is 5.96. The van der Waals surface area contributed by atoms with E-state index in [9.17, 15) is 0 Å². The second kappa shape index (κ2) is 5.61. The van der Waals surface area contributed by atoms with Gasteiger partial charge in [-0.1, -0.05) is 40.2 Å². The van der Waals surface area contributed by atoms with E-state index in [2.05, 4.69) is 39.1 Å². The van der Waals surface area contributed by atoms with Gasteiger partial charge in [-0.05, 0) is 29.8 Å². The van der Waals surface area contributed by atoms with E-state index in [1.165, 1.54) is 4.70 Å². The maximum Gasteiger partial charge on any atom is 0.0956 e. The van der Waals surface area contributed by atoms with Crippen LogP contribution in [0.5, 0.6) is 0 Å². The van der Waals surface area contributed by atoms with Crippen molar-refractivity contribution in [3.05, 3.63) is 63.6 Å². The fourth-order valence-corrected chi connectivity index (χ4v) is 3.61. The maximum atomic E-state index is 6.47. The zero-order chi connectivity index (χ0) is 13.2. The van der Waals surface area contributed by atoms with E-state index in [0.29, 0.717) is 0 Å². The van der Waals surface area contributed by atoms with Gasteiger partial charge in [-0.3, -0.25) is 0 Å². The van der Waals surface area contributed by atoms with Gasteiger partial charge >= 0.3 is 0 Å². The molecule has 96 valence electrons. The lowest BCUT2D eigenvalue weighted by molar-refractivity contribution is 0.910. The normalized spacial score (nSPS) is 12.7. The van der Waals surface area contributed by atoms with E-state index in [-0.39, 0.29) is 5.38 Å². The molecule has 1 nitrogen and oxygen atoms in total. The summed E-state index contributed by atoms with van der Waals surface area (Å²) in [6.07, 6.45) is 0.766. The summed E-state index contributed by atoms with van der Waals surface area (Å²) in [6.45, 7) is 0. The first kappa shape index (κ1) is 13.1. The number of rotatable bonds is 3. The molecule has 1 atom stereocenters. The molecule has 0 spiro atoms. The van der Waals surface area contributed by atoms with E-state index < -0.39 is 0 Å². The van der Waals surface area contributed by atoms with Crippen LogP contribution in [0.2, 0.25) is 0 Å². The largest absolute Gasteiger partial charge is 0.241 e. The molecule has 1 heterocycles. The van der Waals surface area contributed by atoms with Gasteiger partial charge in [0, 0.05) is 10.9 Å². The van der Waals surface area contributed by atoms with Crippen LogP contribution in [0.4, 0.5) is 0 Å². The smallest absolute Gasteiger partial charge is 0.0956 e. The Labute approximate surface area is 129 Å². The summed E-state index contributed by atoms with van der Waals surface area (Å²) >= 11 is 11.6. The molecular weight excluding hydrogens is 342 g/mol. The third kappa shape index (κ3) is 2.99. The number of thiazole rings is 1. The average Bonchev–Trinajstić information content (AvgIpc) is 2.81. The summed E-state index contributed by atoms with van der Waals surface area (Å²) in [6, 6.07) is 16.3. The van der Waals surface area contributed by atoms with Gasteiger partial charge in [0.1, 0.15) is 0 Å². The van der Waals surface area contributed by atoms with Gasteiger partial charge < -0.3 is 0 Å². The molecule has 2 aromatic carbocycles. The molecular formula is C15H11BrClNS. The Bertz CT molecular complexity index is 660. The van der Waals surface area contributed by atoms with Crippen molar-refractivity contribution in [1.82, 2.24) is 4.98 Å². The quantitative estimate of drug-likeness (QED) is 0.561. The molecule has 0 radical (unpaired) electrons. The molecule has 0 N–H and O–H groups in total. The molecule has 0 aliphatic heterocycles. The molecule has 0 saturated heterocycles. The van der Waals surface area contributed by atoms with E-state index in [0.717, 1.165) is 27.0 Å². The van der Waals surface area contributed by atoms with Crippen molar-refractivity contribution in [1.29, 1.82) is 0 Å². The summed E-state index contributed by atoms with van der Waals surface area (Å²) in [5, 5.41) is 1.05. The number of benzene rings is 2. The molecule has 0 aliphatic carbocycles. The lowest BCUT2D eigenvalue weighted by Crippen LogP contribution is -1.95. The number of nitrogens with zero attached hydrogens (tertiary/aromatic N) is 1. The molecule has 0 aliphatic rings. The molecule has 0 bridgehead atoms. The molecule has 0 saturated carbocycles. The second-order valence-electron chi connectivity index (χ2n) is 4.30. The van der Waals surface area contributed by atoms with Crippen molar-refractivity contribution in [2.24, 2.45) is 0 Å². The van der Waals surface area contributed by atoms with Crippen LogP contribution in [-0.2, 0) is 6.42 Å². The Balaban J connectivity index is 1.82. The van der Waals surface area contributed by atoms with Gasteiger partial charge in [0.25, 0.3) is 0 Å². The minimum absolute atomic E-state index is 0.0336. The second-order valence-corrected chi connectivity index (χ2v) is 6.86. The monoisotopic (exact) mass is 351 g/mol. The number of alkyl halides is 1. The van der Waals surface area contributed by atoms with Crippen LogP contribution < -0.4 is 0 Å². The number of hydrogen-bond acceptors (Lipinski definition) is 2. The van der Waals surface area contributed by atoms with E-state index in [1.54, 1.807) is 11.3 Å². The van der Waals surface area contributed by atoms with Crippen molar-refractivity contribution in [2.75, 3.05) is 0 Å². The van der Waals surface area contributed by atoms with Crippen LogP contribution in [0.15, 0.2) is 53.0 Å². The SMILES string of the molecule is ClC(Cc1nc2ccccc2s1)c1ccc(Br)cc1. The van der Waals surface area contributed by atoms with Crippen molar-refractivity contribution < 1.29 is 0 Å². The minimum Gasteiger partial charge on any atom is -0.241 e. The van der Waals surface area contributed by atoms with Crippen molar-refractivity contribution in [3.63, 3.8) is 0 Å². The molecule has 19 heavy (non-hydrogen) atoms. The number of hydrogen-bond donors (Lipinski definition) is 0. The van der Waals surface area contributed by atoms with Gasteiger partial charge in [0.2, 0.25) is 0 Å². The number of fused-ring (bicyclic) bond motifs is 1. The maximum absolute atomic E-state index is 6.47. The molecule has 4 heteroatoms. The van der Waals surface area contributed by atoms with Crippen molar-refractivity contribution in [2.45, 2.75) is 11.8 Å². The Kier molecular flexibility index (Phi) is 3.87. The number of aromatic nitrogens is 1. The van der Waals surface area contributed by atoms with Crippen LogP contribution in [0, 0.1) is 0 Å². The van der Waals surface area contributed by atoms with Gasteiger partial charge in [-0.25, -0.2) is 4.98 Å². The van der Waals surface area contributed by atoms with Crippen LogP contribution >= 0.6 is 38.9 Å². The minimum atomic E-state index is -0.0336. The Morgan fingerprint density at radius 1 is 1.11 bits per heavy atom. The highest BCUT2D eigenvalue weighted by Gasteiger charge is 2.12. The lowest BCUT2D eigenvalue weighted by atomic mass is 10.1. The first-order valence-corrected chi connectivity index (χ1v) is 8.01. The first-order chi connectivity index (χ1) is 9.22. The van der Waals surface area contributed by atoms with E-state index in [4.69, 9.17) is 11.6 Å². The highest BCUT2D eigenvalue weighted by atomic mass is 79.9. The van der Waals surface area contributed by atoms with Gasteiger partial charge in [0.15, 0.2) is 0 Å². The Morgan fingerprint density at radius 3 is 2.58 bits per heavy atom. The van der Waals surface area contributed by atoms with Gasteiger partial charge in [-0.2, -0.15) is 0 Å². The highest BCUT2D eigenvalue weighted by molar-refractivity contribution is 9.10. The van der Waals surface area contributed by atoms with Crippen LogP contribution in [-0.4, -0.2) is 4.98 Å². The Morgan fingerprint density at radius 2 is 1.84 bits per heavy atom. The lowest BCUT2D eigenvalue weighted by Gasteiger charge is -2.07. The standard InChI is InChI=1S/C15H11BrClNS/c16-11-7-5-10(6-8-11)12(17)9-15-18-13-3-1-2-4-14(13)19-15/h1-8,12H,9H2. The van der Waals surface area contributed by atoms with Gasteiger partial charge in [0.05, 0.1) is 20.6 Å². The fraction of sp³-hybridized carbons (Fsp3) is 0.133. The summed E-state index contributed by atoms with van der Waals surface area (Å²) in [5.74, 6) is 0. The summed E-state index contributed by atoms with van der Waals surface area (Å²) in [5.41, 5.74) is 2.19. The average molecular weight is 353 g/mol. The van der Waals surface area contributed by atoms with Crippen LogP contribution in [0.3, 0.4) is 0 Å². The summed E-state index contributed by atoms with van der Waals surface area (Å²) in [7, 11) is 0. The van der Waals surface area contributed by atoms with Crippen molar-refractivity contribution in [3.8, 4) is 0 Å². The molecule has 0 amide bonds. The summed E-state index contributed by atoms with van der Waals surface area (Å²) in [4.78, 5) is 4.62. The predicted molar refractivity (Wildman–Crippen MR) is 86.1 cm³/mol. The highest BCUT2D eigenvalue weighted by Crippen LogP contribution is 2.30. The molecule has 0 fully saturated rings. The molecule has 1 unspecified atom stereocenters. The topological polar surface area (TPSA) is 12.9 Å². The molecule has 3 aromatic rings. The zero-order valence-corrected chi connectivity index (χ0v) is 13.2. The van der Waals surface area contributed by atoms with E-state index in [1.807, 2.05) is 30.3 Å². The number of para-hydroxylation sites is 1. The predicted octanol–water partition coefficient (Wildman–Crippen LogP) is 5.58. The molecule has 1 aromatic heterocycles. The molecule has 3 rings (SSSR count). The summed E-state index contributed by atoms with van der Waals surface area (Å²) < 4.78 is 2.29. The number of halogens is 2. The van der Waals surface area contributed by atoms with Gasteiger partial charge in [-0.15, -0.1) is 22.9 Å². The van der Waals surface area contributed by atoms with Crippen LogP contribution in [0.1, 0.15) is 15.9 Å². The van der Waals surface area contributed by atoms with Crippen LogP contribution in [0.25, 0.3) is 10.2 Å². The van der Waals surface area contributed by atoms with Crippen molar-refractivity contribution >= 4 is 49.1 Å². The third-order valence-electron chi connectivity index (χ3n) is 2.92. The fourth-order valence-electron chi connectivity index (χ4n) is 1.95. The Hall–Kier alpha value is -0.900. The third-order valence-corrected chi connectivity index (χ3v) is 4.92. The van der Waals surface area contributed by atoms with E-state index >= 15 is 0 Å². The zero-order valence-electron chi connectivity index (χ0n) is 10.0.